The van der Waals surface area contributed by atoms with Crippen molar-refractivity contribution in [3.8, 4) is 5.75 Å². The number of fused-ring (bicyclic) bond motifs is 2. The molecule has 2 aromatic carbocycles. The Kier molecular flexibility index (Phi) is 4.71. The molecule has 0 fully saturated rings. The number of benzene rings is 2. The highest BCUT2D eigenvalue weighted by Crippen LogP contribution is 2.34. The first-order valence-electron chi connectivity index (χ1n) is 9.28. The Bertz CT molecular complexity index is 867. The van der Waals surface area contributed by atoms with E-state index in [-0.39, 0.29) is 18.4 Å². The van der Waals surface area contributed by atoms with Gasteiger partial charge in [-0.05, 0) is 36.6 Å². The maximum atomic E-state index is 13.1. The van der Waals surface area contributed by atoms with Gasteiger partial charge >= 0.3 is 0 Å². The molecule has 6 heteroatoms. The summed E-state index contributed by atoms with van der Waals surface area (Å²) in [6.45, 7) is 1.28. The molecule has 0 unspecified atom stereocenters. The van der Waals surface area contributed by atoms with Crippen LogP contribution < -0.4 is 19.9 Å². The van der Waals surface area contributed by atoms with Crippen molar-refractivity contribution in [2.45, 2.75) is 18.9 Å². The first-order chi connectivity index (χ1) is 13.2. The summed E-state index contributed by atoms with van der Waals surface area (Å²) in [6.07, 6.45) is 1.33. The van der Waals surface area contributed by atoms with E-state index < -0.39 is 6.10 Å². The number of hydrogen-bond acceptors (Lipinski definition) is 4. The summed E-state index contributed by atoms with van der Waals surface area (Å²) in [7, 11) is 1.59. The molecule has 2 heterocycles. The van der Waals surface area contributed by atoms with E-state index in [9.17, 15) is 9.59 Å². The Balaban J connectivity index is 1.58. The van der Waals surface area contributed by atoms with Crippen molar-refractivity contribution in [3.63, 3.8) is 0 Å². The number of para-hydroxylation sites is 3. The minimum absolute atomic E-state index is 0.0366. The molecule has 0 bridgehead atoms. The predicted molar refractivity (Wildman–Crippen MR) is 104 cm³/mol. The summed E-state index contributed by atoms with van der Waals surface area (Å²) in [5.74, 6) is 0.476. The lowest BCUT2D eigenvalue weighted by Gasteiger charge is -2.37. The predicted octanol–water partition coefficient (Wildman–Crippen LogP) is 1.98. The molecule has 0 aliphatic carbocycles. The van der Waals surface area contributed by atoms with E-state index in [1.54, 1.807) is 7.05 Å². The zero-order chi connectivity index (χ0) is 18.8. The van der Waals surface area contributed by atoms with Gasteiger partial charge in [0.15, 0.2) is 6.10 Å². The zero-order valence-corrected chi connectivity index (χ0v) is 15.4. The summed E-state index contributed by atoms with van der Waals surface area (Å²) in [5, 5.41) is 2.63. The van der Waals surface area contributed by atoms with E-state index in [1.807, 2.05) is 52.3 Å². The van der Waals surface area contributed by atoms with Crippen LogP contribution in [0.15, 0.2) is 48.5 Å². The number of ether oxygens (including phenoxy) is 1. The molecular weight excluding hydrogens is 342 g/mol. The summed E-state index contributed by atoms with van der Waals surface area (Å²) < 4.78 is 5.82. The van der Waals surface area contributed by atoms with Crippen molar-refractivity contribution >= 4 is 23.2 Å². The molecule has 2 amide bonds. The standard InChI is InChI=1S/C21H23N3O3/c1-22-21(26)19-13-23(17-10-4-5-11-18(17)27-19)14-20(25)24-12-6-8-15-7-2-3-9-16(15)24/h2-5,7,9-11,19H,6,8,12-14H2,1H3,(H,22,26)/t19-/m1/s1. The topological polar surface area (TPSA) is 61.9 Å². The van der Waals surface area contributed by atoms with Crippen molar-refractivity contribution in [2.75, 3.05) is 36.5 Å². The minimum atomic E-state index is -0.633. The summed E-state index contributed by atoms with van der Waals surface area (Å²) in [4.78, 5) is 29.1. The maximum Gasteiger partial charge on any atom is 0.262 e. The fourth-order valence-electron chi connectivity index (χ4n) is 3.80. The third-order valence-corrected chi connectivity index (χ3v) is 5.14. The number of rotatable bonds is 3. The third kappa shape index (κ3) is 3.35. The zero-order valence-electron chi connectivity index (χ0n) is 15.4. The average molecular weight is 365 g/mol. The van der Waals surface area contributed by atoms with Gasteiger partial charge in [0.2, 0.25) is 5.91 Å². The number of hydrogen-bond donors (Lipinski definition) is 1. The van der Waals surface area contributed by atoms with E-state index in [4.69, 9.17) is 4.74 Å². The van der Waals surface area contributed by atoms with Gasteiger partial charge < -0.3 is 19.9 Å². The Morgan fingerprint density at radius 3 is 2.67 bits per heavy atom. The van der Waals surface area contributed by atoms with Crippen molar-refractivity contribution in [3.05, 3.63) is 54.1 Å². The van der Waals surface area contributed by atoms with Crippen LogP contribution in [0.2, 0.25) is 0 Å². The Hall–Kier alpha value is -3.02. The van der Waals surface area contributed by atoms with Crippen LogP contribution in [0.5, 0.6) is 5.75 Å². The smallest absolute Gasteiger partial charge is 0.262 e. The lowest BCUT2D eigenvalue weighted by Crippen LogP contribution is -2.51. The van der Waals surface area contributed by atoms with E-state index in [0.29, 0.717) is 12.3 Å². The van der Waals surface area contributed by atoms with Crippen LogP contribution in [0.3, 0.4) is 0 Å². The average Bonchev–Trinajstić information content (AvgIpc) is 2.72. The molecule has 140 valence electrons. The van der Waals surface area contributed by atoms with Gasteiger partial charge in [0.1, 0.15) is 5.75 Å². The number of amides is 2. The number of likely N-dealkylation sites (N-methyl/N-ethyl adjacent to an activating group) is 1. The van der Waals surface area contributed by atoms with Gasteiger partial charge in [-0.15, -0.1) is 0 Å². The van der Waals surface area contributed by atoms with E-state index >= 15 is 0 Å². The van der Waals surface area contributed by atoms with Gasteiger partial charge in [0.25, 0.3) is 5.91 Å². The van der Waals surface area contributed by atoms with Gasteiger partial charge in [0, 0.05) is 19.3 Å². The molecular formula is C21H23N3O3. The molecule has 0 saturated heterocycles. The van der Waals surface area contributed by atoms with Gasteiger partial charge in [0.05, 0.1) is 18.8 Å². The molecule has 4 rings (SSSR count). The van der Waals surface area contributed by atoms with Crippen LogP contribution in [-0.2, 0) is 16.0 Å². The van der Waals surface area contributed by atoms with Gasteiger partial charge in [-0.1, -0.05) is 30.3 Å². The minimum Gasteiger partial charge on any atom is -0.477 e. The summed E-state index contributed by atoms with van der Waals surface area (Å²) >= 11 is 0. The fraction of sp³-hybridized carbons (Fsp3) is 0.333. The van der Waals surface area contributed by atoms with E-state index in [2.05, 4.69) is 11.4 Å². The number of nitrogens with one attached hydrogen (secondary N) is 1. The summed E-state index contributed by atoms with van der Waals surface area (Å²) in [5.41, 5.74) is 3.05. The molecule has 1 atom stereocenters. The quantitative estimate of drug-likeness (QED) is 0.904. The molecule has 1 N–H and O–H groups in total. The number of carbonyl (C=O) groups is 2. The normalized spacial score (nSPS) is 18.2. The van der Waals surface area contributed by atoms with Crippen LogP contribution in [0, 0.1) is 0 Å². The van der Waals surface area contributed by atoms with Crippen LogP contribution >= 0.6 is 0 Å². The SMILES string of the molecule is CNC(=O)[C@H]1CN(CC(=O)N2CCCc3ccccc32)c2ccccc2O1. The number of carbonyl (C=O) groups excluding carboxylic acids is 2. The monoisotopic (exact) mass is 365 g/mol. The fourth-order valence-corrected chi connectivity index (χ4v) is 3.80. The highest BCUT2D eigenvalue weighted by Gasteiger charge is 2.32. The lowest BCUT2D eigenvalue weighted by atomic mass is 10.0. The summed E-state index contributed by atoms with van der Waals surface area (Å²) in [6, 6.07) is 15.6. The second-order valence-electron chi connectivity index (χ2n) is 6.85. The molecule has 2 aliphatic rings. The highest BCUT2D eigenvalue weighted by atomic mass is 16.5. The number of nitrogens with zero attached hydrogens (tertiary/aromatic N) is 2. The number of aryl methyl sites for hydroxylation is 1. The van der Waals surface area contributed by atoms with Crippen LogP contribution in [-0.4, -0.2) is 44.6 Å². The molecule has 0 radical (unpaired) electrons. The van der Waals surface area contributed by atoms with Crippen molar-refractivity contribution in [1.29, 1.82) is 0 Å². The third-order valence-electron chi connectivity index (χ3n) is 5.14. The molecule has 0 saturated carbocycles. The molecule has 2 aromatic rings. The Morgan fingerprint density at radius 1 is 1.11 bits per heavy atom. The molecule has 2 aliphatic heterocycles. The van der Waals surface area contributed by atoms with Crippen LogP contribution in [0.4, 0.5) is 11.4 Å². The largest absolute Gasteiger partial charge is 0.477 e. The lowest BCUT2D eigenvalue weighted by molar-refractivity contribution is -0.127. The van der Waals surface area contributed by atoms with Gasteiger partial charge in [-0.25, -0.2) is 0 Å². The molecule has 0 spiro atoms. The molecule has 6 nitrogen and oxygen atoms in total. The maximum absolute atomic E-state index is 13.1. The van der Waals surface area contributed by atoms with Crippen molar-refractivity contribution in [2.24, 2.45) is 0 Å². The Morgan fingerprint density at radius 2 is 1.85 bits per heavy atom. The second-order valence-corrected chi connectivity index (χ2v) is 6.85. The first kappa shape index (κ1) is 17.4. The second kappa shape index (κ2) is 7.31. The highest BCUT2D eigenvalue weighted by molar-refractivity contribution is 5.98. The van der Waals surface area contributed by atoms with E-state index in [0.717, 1.165) is 30.8 Å². The van der Waals surface area contributed by atoms with Crippen molar-refractivity contribution < 1.29 is 14.3 Å². The van der Waals surface area contributed by atoms with E-state index in [1.165, 1.54) is 5.56 Å². The van der Waals surface area contributed by atoms with Crippen LogP contribution in [0.1, 0.15) is 12.0 Å². The molecule has 27 heavy (non-hydrogen) atoms. The van der Waals surface area contributed by atoms with Gasteiger partial charge in [-0.3, -0.25) is 9.59 Å². The van der Waals surface area contributed by atoms with Gasteiger partial charge in [-0.2, -0.15) is 0 Å². The Labute approximate surface area is 158 Å². The number of anilines is 2. The first-order valence-corrected chi connectivity index (χ1v) is 9.28. The molecule has 0 aromatic heterocycles. The van der Waals surface area contributed by atoms with Crippen molar-refractivity contribution in [1.82, 2.24) is 5.32 Å². The van der Waals surface area contributed by atoms with Crippen LogP contribution in [0.25, 0.3) is 0 Å².